The van der Waals surface area contributed by atoms with E-state index >= 15 is 0 Å². The summed E-state index contributed by atoms with van der Waals surface area (Å²) in [7, 11) is 0. The van der Waals surface area contributed by atoms with Gasteiger partial charge in [0.25, 0.3) is 0 Å². The number of hydrogen-bond donors (Lipinski definition) is 1. The van der Waals surface area contributed by atoms with E-state index in [4.69, 9.17) is 28.2 Å². The first-order valence-corrected chi connectivity index (χ1v) is 12.5. The van der Waals surface area contributed by atoms with Gasteiger partial charge in [0.05, 0.1) is 16.6 Å². The maximum Gasteiger partial charge on any atom is 0.416 e. The first-order chi connectivity index (χ1) is 18.1. The molecule has 0 spiro atoms. The van der Waals surface area contributed by atoms with Crippen molar-refractivity contribution in [1.82, 2.24) is 15.1 Å². The summed E-state index contributed by atoms with van der Waals surface area (Å²) in [6, 6.07) is 16.5. The third kappa shape index (κ3) is 5.08. The van der Waals surface area contributed by atoms with Gasteiger partial charge in [-0.3, -0.25) is 14.7 Å². The number of amidine groups is 1. The molecule has 1 N–H and O–H groups in total. The van der Waals surface area contributed by atoms with E-state index in [0.717, 1.165) is 12.1 Å². The van der Waals surface area contributed by atoms with E-state index in [1.165, 1.54) is 21.9 Å². The lowest BCUT2D eigenvalue weighted by Gasteiger charge is -2.35. The summed E-state index contributed by atoms with van der Waals surface area (Å²) in [6.45, 7) is 0.434. The fourth-order valence-electron chi connectivity index (χ4n) is 4.69. The van der Waals surface area contributed by atoms with Crippen molar-refractivity contribution in [3.8, 4) is 0 Å². The van der Waals surface area contributed by atoms with Crippen molar-refractivity contribution >= 4 is 41.0 Å². The molecule has 38 heavy (non-hydrogen) atoms. The van der Waals surface area contributed by atoms with Gasteiger partial charge < -0.3 is 10.2 Å². The van der Waals surface area contributed by atoms with E-state index in [-0.39, 0.29) is 24.8 Å². The molecule has 11 heteroatoms. The SMILES string of the molecule is O=C1CN(C(=O)N2C(c3ccccc3Cl)=N[C@@H](c3ccc(C(F)(F)F)cc3)C2c2cccc(Cl)c2)CCN1. The van der Waals surface area contributed by atoms with Crippen LogP contribution in [0.3, 0.4) is 0 Å². The molecule has 2 aliphatic rings. The predicted molar refractivity (Wildman–Crippen MR) is 138 cm³/mol. The molecule has 0 saturated carbocycles. The van der Waals surface area contributed by atoms with Gasteiger partial charge in [0.1, 0.15) is 18.4 Å². The minimum Gasteiger partial charge on any atom is -0.353 e. The number of carbonyl (C=O) groups excluding carboxylic acids is 2. The van der Waals surface area contributed by atoms with Crippen LogP contribution in [0.4, 0.5) is 18.0 Å². The molecule has 3 amide bonds. The molecular formula is C27H21Cl2F3N4O2. The summed E-state index contributed by atoms with van der Waals surface area (Å²) in [5.74, 6) is -0.0416. The first-order valence-electron chi connectivity index (χ1n) is 11.7. The van der Waals surface area contributed by atoms with Crippen molar-refractivity contribution < 1.29 is 22.8 Å². The van der Waals surface area contributed by atoms with Crippen LogP contribution >= 0.6 is 23.2 Å². The largest absolute Gasteiger partial charge is 0.416 e. The third-order valence-corrected chi connectivity index (χ3v) is 7.03. The molecule has 2 heterocycles. The van der Waals surface area contributed by atoms with E-state index in [2.05, 4.69) is 5.32 Å². The Kier molecular flexibility index (Phi) is 7.07. The number of benzene rings is 3. The number of alkyl halides is 3. The molecule has 2 atom stereocenters. The van der Waals surface area contributed by atoms with Crippen molar-refractivity contribution in [2.24, 2.45) is 4.99 Å². The first kappa shape index (κ1) is 26.1. The molecule has 2 aliphatic heterocycles. The van der Waals surface area contributed by atoms with Gasteiger partial charge in [-0.1, -0.05) is 59.6 Å². The lowest BCUT2D eigenvalue weighted by Crippen LogP contribution is -2.55. The zero-order valence-electron chi connectivity index (χ0n) is 19.8. The Labute approximate surface area is 226 Å². The summed E-state index contributed by atoms with van der Waals surface area (Å²) in [5.41, 5.74) is 0.786. The molecule has 0 aliphatic carbocycles. The fraction of sp³-hybridized carbons (Fsp3) is 0.222. The van der Waals surface area contributed by atoms with Gasteiger partial charge in [-0.15, -0.1) is 0 Å². The molecule has 1 fully saturated rings. The van der Waals surface area contributed by atoms with Crippen molar-refractivity contribution in [3.05, 3.63) is 105 Å². The topological polar surface area (TPSA) is 65.0 Å². The summed E-state index contributed by atoms with van der Waals surface area (Å²) >= 11 is 12.8. The summed E-state index contributed by atoms with van der Waals surface area (Å²) in [4.78, 5) is 33.9. The highest BCUT2D eigenvalue weighted by Gasteiger charge is 2.45. The van der Waals surface area contributed by atoms with Gasteiger partial charge in [-0.05, 0) is 47.5 Å². The second-order valence-corrected chi connectivity index (χ2v) is 9.76. The second-order valence-electron chi connectivity index (χ2n) is 8.92. The highest BCUT2D eigenvalue weighted by Crippen LogP contribution is 2.45. The Morgan fingerprint density at radius 3 is 2.37 bits per heavy atom. The van der Waals surface area contributed by atoms with Crippen LogP contribution in [0.2, 0.25) is 10.0 Å². The van der Waals surface area contributed by atoms with Gasteiger partial charge >= 0.3 is 12.2 Å². The molecule has 5 rings (SSSR count). The van der Waals surface area contributed by atoms with E-state index in [0.29, 0.717) is 33.3 Å². The molecule has 1 saturated heterocycles. The second kappa shape index (κ2) is 10.3. The van der Waals surface area contributed by atoms with Crippen LogP contribution in [-0.4, -0.2) is 47.2 Å². The summed E-state index contributed by atoms with van der Waals surface area (Å²) in [5, 5.41) is 3.47. The monoisotopic (exact) mass is 560 g/mol. The number of rotatable bonds is 3. The van der Waals surface area contributed by atoms with Crippen LogP contribution in [0, 0.1) is 0 Å². The molecule has 3 aromatic carbocycles. The number of nitrogens with zero attached hydrogens (tertiary/aromatic N) is 3. The van der Waals surface area contributed by atoms with Crippen molar-refractivity contribution in [1.29, 1.82) is 0 Å². The van der Waals surface area contributed by atoms with Crippen LogP contribution in [0.5, 0.6) is 0 Å². The quantitative estimate of drug-likeness (QED) is 0.420. The predicted octanol–water partition coefficient (Wildman–Crippen LogP) is 6.11. The van der Waals surface area contributed by atoms with Crippen LogP contribution in [0.15, 0.2) is 77.8 Å². The van der Waals surface area contributed by atoms with E-state index in [1.54, 1.807) is 48.5 Å². The Morgan fingerprint density at radius 1 is 0.974 bits per heavy atom. The Bertz CT molecular complexity index is 1410. The standard InChI is InChI=1S/C27H21Cl2F3N4O2/c28-19-5-3-4-17(14-19)24-23(16-8-10-18(11-9-16)27(30,31)32)34-25(20-6-1-2-7-21(20)29)36(24)26(38)35-13-12-33-22(37)15-35/h1-11,14,23-24H,12-13,15H2,(H,33,37)/t23-,24?/m0/s1. The van der Waals surface area contributed by atoms with Gasteiger partial charge in [0, 0.05) is 23.7 Å². The van der Waals surface area contributed by atoms with Crippen LogP contribution in [0.25, 0.3) is 0 Å². The molecule has 0 aromatic heterocycles. The molecular weight excluding hydrogens is 540 g/mol. The number of halogens is 5. The van der Waals surface area contributed by atoms with E-state index < -0.39 is 29.9 Å². The van der Waals surface area contributed by atoms with Crippen LogP contribution in [-0.2, 0) is 11.0 Å². The molecule has 1 unspecified atom stereocenters. The van der Waals surface area contributed by atoms with Crippen molar-refractivity contribution in [2.75, 3.05) is 19.6 Å². The molecule has 0 radical (unpaired) electrons. The number of nitrogens with one attached hydrogen (secondary N) is 1. The Hall–Kier alpha value is -3.56. The fourth-order valence-corrected chi connectivity index (χ4v) is 5.11. The number of urea groups is 1. The third-order valence-electron chi connectivity index (χ3n) is 6.47. The normalized spacial score (nSPS) is 19.8. The minimum absolute atomic E-state index is 0.141. The highest BCUT2D eigenvalue weighted by molar-refractivity contribution is 6.34. The average Bonchev–Trinajstić information content (AvgIpc) is 3.28. The molecule has 3 aromatic rings. The maximum atomic E-state index is 14.0. The minimum atomic E-state index is -4.50. The van der Waals surface area contributed by atoms with Gasteiger partial charge in [-0.25, -0.2) is 4.79 Å². The van der Waals surface area contributed by atoms with Crippen LogP contribution in [0.1, 0.15) is 34.3 Å². The molecule has 196 valence electrons. The van der Waals surface area contributed by atoms with Gasteiger partial charge in [0.15, 0.2) is 0 Å². The highest BCUT2D eigenvalue weighted by atomic mass is 35.5. The lowest BCUT2D eigenvalue weighted by atomic mass is 9.93. The number of piperazine rings is 1. The zero-order valence-corrected chi connectivity index (χ0v) is 21.3. The Balaban J connectivity index is 1.67. The number of aliphatic imine (C=N–C) groups is 1. The average molecular weight is 561 g/mol. The molecule has 6 nitrogen and oxygen atoms in total. The van der Waals surface area contributed by atoms with Gasteiger partial charge in [0.2, 0.25) is 5.91 Å². The van der Waals surface area contributed by atoms with E-state index in [1.807, 2.05) is 0 Å². The molecule has 0 bridgehead atoms. The number of hydrogen-bond acceptors (Lipinski definition) is 3. The van der Waals surface area contributed by atoms with Crippen molar-refractivity contribution in [2.45, 2.75) is 18.3 Å². The van der Waals surface area contributed by atoms with Crippen molar-refractivity contribution in [3.63, 3.8) is 0 Å². The lowest BCUT2D eigenvalue weighted by molar-refractivity contribution is -0.137. The smallest absolute Gasteiger partial charge is 0.353 e. The summed E-state index contributed by atoms with van der Waals surface area (Å²) in [6.07, 6.45) is -4.50. The van der Waals surface area contributed by atoms with Gasteiger partial charge in [-0.2, -0.15) is 13.2 Å². The van der Waals surface area contributed by atoms with Crippen LogP contribution < -0.4 is 5.32 Å². The van der Waals surface area contributed by atoms with E-state index in [9.17, 15) is 22.8 Å². The maximum absolute atomic E-state index is 14.0. The summed E-state index contributed by atoms with van der Waals surface area (Å²) < 4.78 is 39.8. The number of carbonyl (C=O) groups is 2. The number of amides is 3. The zero-order chi connectivity index (χ0) is 27.0. The Morgan fingerprint density at radius 2 is 1.71 bits per heavy atom.